The third kappa shape index (κ3) is 9.40. The second-order valence-corrected chi connectivity index (χ2v) is 10.4. The summed E-state index contributed by atoms with van der Waals surface area (Å²) in [5, 5.41) is 4.85. The molecular formula is C33H44N4O4. The van der Waals surface area contributed by atoms with E-state index in [0.717, 1.165) is 47.6 Å². The lowest BCUT2D eigenvalue weighted by Gasteiger charge is -2.34. The number of hydrogen-bond acceptors (Lipinski definition) is 5. The zero-order chi connectivity index (χ0) is 29.6. The number of hydrogen-bond donors (Lipinski definition) is 2. The van der Waals surface area contributed by atoms with Gasteiger partial charge in [0, 0.05) is 40.6 Å². The van der Waals surface area contributed by atoms with E-state index in [9.17, 15) is 14.4 Å². The number of unbranched alkanes of at least 4 members (excludes halogenated alkanes) is 3. The molecule has 2 atom stereocenters. The van der Waals surface area contributed by atoms with Crippen molar-refractivity contribution in [3.8, 4) is 0 Å². The van der Waals surface area contributed by atoms with Gasteiger partial charge in [0.05, 0.1) is 0 Å². The van der Waals surface area contributed by atoms with E-state index in [2.05, 4.69) is 5.32 Å². The van der Waals surface area contributed by atoms with Crippen molar-refractivity contribution in [3.05, 3.63) is 83.9 Å². The molecule has 0 aromatic heterocycles. The number of nitrogens with one attached hydrogen (secondary N) is 1. The molecule has 3 N–H and O–H groups in total. The molecule has 0 fully saturated rings. The van der Waals surface area contributed by atoms with E-state index in [1.807, 2.05) is 72.8 Å². The number of fused-ring (bicyclic) bond motifs is 1. The molecule has 41 heavy (non-hydrogen) atoms. The first kappa shape index (κ1) is 31.8. The molecule has 3 amide bonds. The Balaban J connectivity index is 1.80. The number of nitrogens with zero attached hydrogens (tertiary/aromatic N) is 2. The molecule has 8 nitrogen and oxygen atoms in total. The highest BCUT2D eigenvalue weighted by atomic mass is 16.5. The molecule has 3 aromatic rings. The van der Waals surface area contributed by atoms with Crippen LogP contribution in [0.25, 0.3) is 10.8 Å². The first-order valence-corrected chi connectivity index (χ1v) is 14.4. The van der Waals surface area contributed by atoms with E-state index >= 15 is 0 Å². The number of nitrogens with two attached hydrogens (primary N) is 1. The van der Waals surface area contributed by atoms with Gasteiger partial charge in [-0.2, -0.15) is 0 Å². The van der Waals surface area contributed by atoms with Gasteiger partial charge in [-0.15, -0.1) is 0 Å². The lowest BCUT2D eigenvalue weighted by molar-refractivity contribution is -0.149. The van der Waals surface area contributed by atoms with Crippen LogP contribution in [-0.4, -0.2) is 80.5 Å². The lowest BCUT2D eigenvalue weighted by Crippen LogP contribution is -2.56. The van der Waals surface area contributed by atoms with Crippen molar-refractivity contribution in [3.63, 3.8) is 0 Å². The van der Waals surface area contributed by atoms with E-state index < -0.39 is 12.1 Å². The second kappa shape index (κ2) is 16.5. The smallest absolute Gasteiger partial charge is 0.248 e. The molecule has 220 valence electrons. The van der Waals surface area contributed by atoms with Crippen LogP contribution in [0.5, 0.6) is 0 Å². The summed E-state index contributed by atoms with van der Waals surface area (Å²) < 4.78 is 5.67. The first-order valence-electron chi connectivity index (χ1n) is 14.4. The van der Waals surface area contributed by atoms with Crippen LogP contribution >= 0.6 is 0 Å². The van der Waals surface area contributed by atoms with Gasteiger partial charge >= 0.3 is 0 Å². The van der Waals surface area contributed by atoms with E-state index in [-0.39, 0.29) is 24.3 Å². The van der Waals surface area contributed by atoms with Crippen LogP contribution in [0.4, 0.5) is 0 Å². The summed E-state index contributed by atoms with van der Waals surface area (Å²) >= 11 is 0. The monoisotopic (exact) mass is 560 g/mol. The average molecular weight is 561 g/mol. The van der Waals surface area contributed by atoms with Crippen LogP contribution in [-0.2, 0) is 32.0 Å². The van der Waals surface area contributed by atoms with Gasteiger partial charge in [-0.3, -0.25) is 14.4 Å². The molecule has 0 unspecified atom stereocenters. The second-order valence-electron chi connectivity index (χ2n) is 10.4. The van der Waals surface area contributed by atoms with Gasteiger partial charge in [0.15, 0.2) is 0 Å². The molecule has 0 radical (unpaired) electrons. The highest BCUT2D eigenvalue weighted by Gasteiger charge is 2.35. The molecule has 3 rings (SSSR count). The van der Waals surface area contributed by atoms with Crippen LogP contribution < -0.4 is 11.1 Å². The Labute approximate surface area is 243 Å². The van der Waals surface area contributed by atoms with E-state index in [4.69, 9.17) is 10.5 Å². The van der Waals surface area contributed by atoms with Crippen molar-refractivity contribution in [2.75, 3.05) is 40.9 Å². The standard InChI is InChI=1S/C33H44N4O4/c1-35-32(39)29(22-25-13-7-6-8-14-25)37(3)33(40)30(23-26-17-18-27-15-9-10-16-28(27)21-26)36(2)31(38)24-41-20-12-5-4-11-19-34/h6-10,13-18,21,29-30H,4-5,11-12,19-20,22-24,34H2,1-3H3,(H,35,39)/t29-,30-/m1/s1. The minimum atomic E-state index is -0.815. The third-order valence-corrected chi connectivity index (χ3v) is 7.49. The molecule has 0 aliphatic carbocycles. The summed E-state index contributed by atoms with van der Waals surface area (Å²) in [6.07, 6.45) is 4.54. The predicted octanol–water partition coefficient (Wildman–Crippen LogP) is 3.56. The van der Waals surface area contributed by atoms with Crippen molar-refractivity contribution in [1.82, 2.24) is 15.1 Å². The van der Waals surface area contributed by atoms with E-state index in [0.29, 0.717) is 26.0 Å². The Kier molecular flexibility index (Phi) is 12.8. The molecule has 3 aromatic carbocycles. The van der Waals surface area contributed by atoms with Crippen LogP contribution in [0.3, 0.4) is 0 Å². The van der Waals surface area contributed by atoms with Crippen molar-refractivity contribution in [1.29, 1.82) is 0 Å². The van der Waals surface area contributed by atoms with Crippen molar-refractivity contribution < 1.29 is 19.1 Å². The predicted molar refractivity (Wildman–Crippen MR) is 163 cm³/mol. The van der Waals surface area contributed by atoms with Gasteiger partial charge in [0.25, 0.3) is 0 Å². The summed E-state index contributed by atoms with van der Waals surface area (Å²) in [5.74, 6) is -0.847. The van der Waals surface area contributed by atoms with Crippen LogP contribution in [0.1, 0.15) is 36.8 Å². The lowest BCUT2D eigenvalue weighted by atomic mass is 9.98. The number of benzene rings is 3. The van der Waals surface area contributed by atoms with Gasteiger partial charge < -0.3 is 25.6 Å². The molecule has 0 spiro atoms. The van der Waals surface area contributed by atoms with Crippen LogP contribution in [0.2, 0.25) is 0 Å². The van der Waals surface area contributed by atoms with Crippen molar-refractivity contribution >= 4 is 28.5 Å². The quantitative estimate of drug-likeness (QED) is 0.261. The number of amides is 3. The fourth-order valence-corrected chi connectivity index (χ4v) is 4.91. The number of rotatable bonds is 16. The molecule has 8 heteroatoms. The number of ether oxygens (including phenoxy) is 1. The average Bonchev–Trinajstić information content (AvgIpc) is 3.01. The van der Waals surface area contributed by atoms with Gasteiger partial charge in [-0.05, 0) is 41.3 Å². The zero-order valence-electron chi connectivity index (χ0n) is 24.6. The van der Waals surface area contributed by atoms with Gasteiger partial charge in [0.2, 0.25) is 17.7 Å². The largest absolute Gasteiger partial charge is 0.372 e. The molecule has 0 heterocycles. The maximum absolute atomic E-state index is 14.1. The van der Waals surface area contributed by atoms with Crippen molar-refractivity contribution in [2.45, 2.75) is 50.6 Å². The maximum Gasteiger partial charge on any atom is 0.248 e. The molecule has 0 saturated carbocycles. The van der Waals surface area contributed by atoms with Gasteiger partial charge in [-0.1, -0.05) is 85.6 Å². The summed E-state index contributed by atoms with van der Waals surface area (Å²) in [4.78, 5) is 43.2. The third-order valence-electron chi connectivity index (χ3n) is 7.49. The fraction of sp³-hybridized carbons (Fsp3) is 0.424. The van der Waals surface area contributed by atoms with Gasteiger partial charge in [-0.25, -0.2) is 0 Å². The summed E-state index contributed by atoms with van der Waals surface area (Å²) in [7, 11) is 4.83. The van der Waals surface area contributed by atoms with Gasteiger partial charge in [0.1, 0.15) is 18.7 Å². The summed E-state index contributed by atoms with van der Waals surface area (Å²) in [5.41, 5.74) is 7.41. The highest BCUT2D eigenvalue weighted by Crippen LogP contribution is 2.20. The highest BCUT2D eigenvalue weighted by molar-refractivity contribution is 5.92. The molecule has 0 aliphatic heterocycles. The SMILES string of the molecule is CNC(=O)[C@@H](Cc1ccccc1)N(C)C(=O)[C@@H](Cc1ccc2ccccc2c1)N(C)C(=O)COCCCCCCN. The normalized spacial score (nSPS) is 12.5. The topological polar surface area (TPSA) is 105 Å². The molecule has 0 saturated heterocycles. The van der Waals surface area contributed by atoms with Crippen LogP contribution in [0, 0.1) is 0 Å². The summed E-state index contributed by atoms with van der Waals surface area (Å²) in [6.45, 7) is 1.04. The Hall–Kier alpha value is -3.75. The minimum absolute atomic E-state index is 0.110. The molecule has 0 aliphatic rings. The van der Waals surface area contributed by atoms with E-state index in [1.165, 1.54) is 9.80 Å². The van der Waals surface area contributed by atoms with E-state index in [1.54, 1.807) is 21.1 Å². The number of carbonyl (C=O) groups is 3. The fourth-order valence-electron chi connectivity index (χ4n) is 4.91. The minimum Gasteiger partial charge on any atom is -0.372 e. The molecular weight excluding hydrogens is 516 g/mol. The zero-order valence-corrected chi connectivity index (χ0v) is 24.6. The van der Waals surface area contributed by atoms with Crippen LogP contribution in [0.15, 0.2) is 72.8 Å². The Morgan fingerprint density at radius 1 is 0.780 bits per heavy atom. The number of carbonyl (C=O) groups excluding carboxylic acids is 3. The Bertz CT molecular complexity index is 1270. The first-order chi connectivity index (χ1) is 19.8. The Morgan fingerprint density at radius 2 is 1.44 bits per heavy atom. The molecule has 0 bridgehead atoms. The number of likely N-dealkylation sites (N-methyl/N-ethyl adjacent to an activating group) is 3. The Morgan fingerprint density at radius 3 is 2.15 bits per heavy atom. The maximum atomic E-state index is 14.1. The summed E-state index contributed by atoms with van der Waals surface area (Å²) in [6, 6.07) is 22.1. The van der Waals surface area contributed by atoms with Crippen molar-refractivity contribution in [2.24, 2.45) is 5.73 Å².